The van der Waals surface area contributed by atoms with Crippen LogP contribution in [0, 0.1) is 13.8 Å². The van der Waals surface area contributed by atoms with Crippen LogP contribution < -0.4 is 10.6 Å². The predicted molar refractivity (Wildman–Crippen MR) is 292 cm³/mol. The Balaban J connectivity index is 0.000000204. The van der Waals surface area contributed by atoms with E-state index in [9.17, 15) is 9.59 Å². The summed E-state index contributed by atoms with van der Waals surface area (Å²) < 4.78 is 4.61. The van der Waals surface area contributed by atoms with Gasteiger partial charge in [0.2, 0.25) is 0 Å². The third-order valence-corrected chi connectivity index (χ3v) is 14.5. The molecule has 9 nitrogen and oxygen atoms in total. The Morgan fingerprint density at radius 3 is 1.58 bits per heavy atom. The molecule has 8 aromatic rings. The molecular weight excluding hydrogens is 1050 g/mol. The van der Waals surface area contributed by atoms with Gasteiger partial charge in [0, 0.05) is 47.2 Å². The number of nitrogens with one attached hydrogen (secondary N) is 2. The highest BCUT2D eigenvalue weighted by atomic mass is 79.9. The van der Waals surface area contributed by atoms with E-state index in [4.69, 9.17) is 56.6 Å². The van der Waals surface area contributed by atoms with Gasteiger partial charge in [0.05, 0.1) is 67.0 Å². The first-order valence-corrected chi connectivity index (χ1v) is 26.1. The zero-order valence-electron chi connectivity index (χ0n) is 38.2. The molecule has 69 heavy (non-hydrogen) atoms. The summed E-state index contributed by atoms with van der Waals surface area (Å²) in [6.07, 6.45) is 14.6. The van der Waals surface area contributed by atoms with Crippen LogP contribution in [-0.2, 0) is 13.1 Å². The second kappa shape index (κ2) is 24.5. The minimum absolute atomic E-state index is 0.156. The molecule has 0 saturated carbocycles. The number of allylic oxidation sites excluding steroid dienone is 2. The van der Waals surface area contributed by atoms with Crippen molar-refractivity contribution in [3.63, 3.8) is 0 Å². The first kappa shape index (κ1) is 51.5. The van der Waals surface area contributed by atoms with Crippen molar-refractivity contribution in [2.75, 3.05) is 0 Å². The molecule has 3 aromatic carbocycles. The van der Waals surface area contributed by atoms with Crippen LogP contribution in [-0.4, -0.2) is 36.4 Å². The summed E-state index contributed by atoms with van der Waals surface area (Å²) in [5, 5.41) is 17.7. The summed E-state index contributed by atoms with van der Waals surface area (Å²) in [4.78, 5) is 33.8. The van der Waals surface area contributed by atoms with E-state index in [0.717, 1.165) is 85.2 Å². The average Bonchev–Trinajstić information content (AvgIpc) is 4.14. The number of aromatic nitrogens is 5. The van der Waals surface area contributed by atoms with E-state index in [1.165, 1.54) is 9.75 Å². The number of nitrogens with zero attached hydrogens (tertiary/aromatic N) is 5. The SMILES string of the molecule is CCC/C=C/c1ccc(-c2c(C)c(CNC(=O)c3ccc(Br)cc3)nn2-c2ccc(Cl)cc2Cl)s1.CCC/C=C/c1ccc(-c2c(C)c(CNC(=O)c3ccccn3)nn2-c2ccc(Cl)cc2Cl)s1. The molecule has 0 aliphatic rings. The Kier molecular flexibility index (Phi) is 18.3. The van der Waals surface area contributed by atoms with Gasteiger partial charge < -0.3 is 10.6 Å². The standard InChI is InChI=1S/C27H24BrCl2N3OS.C26H24Cl2N4OS/c1-3-4-5-6-21-12-14-25(35-21)26-17(2)23(16-31-27(34)18-7-9-19(28)10-8-18)32-33(26)24-13-11-20(29)15-22(24)30;1-3-4-5-8-19-11-13-24(34-19)25-17(2)22(16-30-26(33)21-9-6-7-14-29-21)31-32(25)23-12-10-18(27)15-20(23)28/h5-15H,3-4,16H2,1-2H3,(H,31,34);5-15H,3-4,16H2,1-2H3,(H,30,33)/b6-5+;8-5+. The maximum Gasteiger partial charge on any atom is 0.270 e. The minimum Gasteiger partial charge on any atom is -0.346 e. The fourth-order valence-corrected chi connectivity index (χ4v) is 10.4. The first-order chi connectivity index (χ1) is 33.3. The molecule has 8 rings (SSSR count). The number of rotatable bonds is 16. The molecule has 5 aromatic heterocycles. The third-order valence-electron chi connectivity index (χ3n) is 10.7. The van der Waals surface area contributed by atoms with Crippen LogP contribution in [0.3, 0.4) is 0 Å². The summed E-state index contributed by atoms with van der Waals surface area (Å²) in [5.41, 5.74) is 7.77. The van der Waals surface area contributed by atoms with Gasteiger partial charge in [-0.3, -0.25) is 14.6 Å². The highest BCUT2D eigenvalue weighted by Crippen LogP contribution is 2.38. The Morgan fingerprint density at radius 1 is 0.638 bits per heavy atom. The molecule has 0 saturated heterocycles. The molecule has 0 atom stereocenters. The van der Waals surface area contributed by atoms with E-state index in [1.807, 2.05) is 47.5 Å². The molecule has 5 heterocycles. The number of carbonyl (C=O) groups excluding carboxylic acids is 2. The quantitative estimate of drug-likeness (QED) is 0.100. The van der Waals surface area contributed by atoms with Crippen LogP contribution in [0.2, 0.25) is 20.1 Å². The van der Waals surface area contributed by atoms with Gasteiger partial charge in [0.1, 0.15) is 5.69 Å². The number of thiophene rings is 2. The van der Waals surface area contributed by atoms with Crippen LogP contribution in [0.25, 0.3) is 44.7 Å². The van der Waals surface area contributed by atoms with Crippen LogP contribution >= 0.6 is 85.0 Å². The lowest BCUT2D eigenvalue weighted by Crippen LogP contribution is -2.24. The van der Waals surface area contributed by atoms with E-state index in [0.29, 0.717) is 37.9 Å². The van der Waals surface area contributed by atoms with E-state index < -0.39 is 0 Å². The number of hydrogen-bond acceptors (Lipinski definition) is 7. The third kappa shape index (κ3) is 13.1. The number of hydrogen-bond donors (Lipinski definition) is 2. The number of benzene rings is 3. The monoisotopic (exact) mass is 1100 g/mol. The van der Waals surface area contributed by atoms with E-state index in [-0.39, 0.29) is 18.4 Å². The minimum atomic E-state index is -0.250. The Bertz CT molecular complexity index is 3120. The van der Waals surface area contributed by atoms with Crippen molar-refractivity contribution >= 4 is 109 Å². The second-order valence-electron chi connectivity index (χ2n) is 15.7. The molecule has 2 amide bonds. The molecule has 0 aliphatic carbocycles. The normalized spacial score (nSPS) is 11.3. The van der Waals surface area contributed by atoms with Crippen LogP contribution in [0.1, 0.15) is 92.6 Å². The molecule has 0 aliphatic heterocycles. The van der Waals surface area contributed by atoms with E-state index >= 15 is 0 Å². The molecule has 16 heteroatoms. The Hall–Kier alpha value is -5.31. The van der Waals surface area contributed by atoms with Gasteiger partial charge in [-0.1, -0.05) is 107 Å². The van der Waals surface area contributed by atoms with E-state index in [1.54, 1.807) is 83.5 Å². The van der Waals surface area contributed by atoms with Crippen molar-refractivity contribution < 1.29 is 9.59 Å². The number of unbranched alkanes of at least 4 members (excludes halogenated alkanes) is 2. The van der Waals surface area contributed by atoms with Crippen LogP contribution in [0.4, 0.5) is 0 Å². The summed E-state index contributed by atoms with van der Waals surface area (Å²) in [6, 6.07) is 31.6. The lowest BCUT2D eigenvalue weighted by atomic mass is 10.1. The van der Waals surface area contributed by atoms with Crippen molar-refractivity contribution in [2.45, 2.75) is 66.5 Å². The smallest absolute Gasteiger partial charge is 0.270 e. The number of carbonyl (C=O) groups is 2. The summed E-state index contributed by atoms with van der Waals surface area (Å²) >= 11 is 32.2. The largest absolute Gasteiger partial charge is 0.346 e. The van der Waals surface area contributed by atoms with Gasteiger partial charge in [0.15, 0.2) is 0 Å². The molecule has 0 radical (unpaired) electrons. The van der Waals surface area contributed by atoms with Gasteiger partial charge in [-0.2, -0.15) is 10.2 Å². The predicted octanol–water partition coefficient (Wildman–Crippen LogP) is 16.1. The molecular formula is C53H48BrCl4N7O2S2. The number of pyridine rings is 1. The fraction of sp³-hybridized carbons (Fsp3) is 0.189. The highest BCUT2D eigenvalue weighted by molar-refractivity contribution is 9.10. The zero-order chi connectivity index (χ0) is 49.0. The van der Waals surface area contributed by atoms with Gasteiger partial charge in [-0.05, 0) is 136 Å². The van der Waals surface area contributed by atoms with Gasteiger partial charge in [0.25, 0.3) is 11.8 Å². The summed E-state index contributed by atoms with van der Waals surface area (Å²) in [6.45, 7) is 8.92. The lowest BCUT2D eigenvalue weighted by molar-refractivity contribution is 0.0939. The topological polar surface area (TPSA) is 107 Å². The van der Waals surface area contributed by atoms with Gasteiger partial charge >= 0.3 is 0 Å². The Morgan fingerprint density at radius 2 is 1.13 bits per heavy atom. The van der Waals surface area contributed by atoms with E-state index in [2.05, 4.69) is 94.0 Å². The van der Waals surface area contributed by atoms with Crippen molar-refractivity contribution in [3.05, 3.63) is 190 Å². The van der Waals surface area contributed by atoms with Crippen LogP contribution in [0.5, 0.6) is 0 Å². The molecule has 0 spiro atoms. The van der Waals surface area contributed by atoms with Crippen molar-refractivity contribution in [1.82, 2.24) is 35.2 Å². The lowest BCUT2D eigenvalue weighted by Gasteiger charge is -2.09. The first-order valence-electron chi connectivity index (χ1n) is 22.2. The maximum atomic E-state index is 12.7. The van der Waals surface area contributed by atoms with Gasteiger partial charge in [-0.25, -0.2) is 9.36 Å². The Labute approximate surface area is 439 Å². The fourth-order valence-electron chi connectivity index (χ4n) is 7.14. The second-order valence-corrected chi connectivity index (χ2v) is 20.6. The highest BCUT2D eigenvalue weighted by Gasteiger charge is 2.23. The number of halogens is 5. The average molecular weight is 1100 g/mol. The maximum absolute atomic E-state index is 12.7. The molecule has 2 N–H and O–H groups in total. The molecule has 0 bridgehead atoms. The van der Waals surface area contributed by atoms with Gasteiger partial charge in [-0.15, -0.1) is 22.7 Å². The molecule has 0 unspecified atom stereocenters. The summed E-state index contributed by atoms with van der Waals surface area (Å²) in [7, 11) is 0. The summed E-state index contributed by atoms with van der Waals surface area (Å²) in [5.74, 6) is -0.405. The van der Waals surface area contributed by atoms with Crippen LogP contribution in [0.15, 0.2) is 126 Å². The van der Waals surface area contributed by atoms with Crippen molar-refractivity contribution in [3.8, 4) is 32.5 Å². The van der Waals surface area contributed by atoms with Crippen molar-refractivity contribution in [2.24, 2.45) is 0 Å². The number of amides is 2. The van der Waals surface area contributed by atoms with Crippen molar-refractivity contribution in [1.29, 1.82) is 0 Å². The molecule has 0 fully saturated rings. The zero-order valence-corrected chi connectivity index (χ0v) is 44.4. The molecule has 354 valence electrons.